The molecule has 0 heterocycles. The van der Waals surface area contributed by atoms with E-state index < -0.39 is 23.0 Å². The third kappa shape index (κ3) is 6.90. The molecule has 0 saturated heterocycles. The number of carbonyl (C=O) groups is 2. The Balaban J connectivity index is 1.39. The molecule has 1 atom stereocenters. The van der Waals surface area contributed by atoms with Crippen LogP contribution in [0.1, 0.15) is 26.3 Å². The molecule has 4 aromatic carbocycles. The van der Waals surface area contributed by atoms with Crippen molar-refractivity contribution in [1.82, 2.24) is 0 Å². The Morgan fingerprint density at radius 1 is 0.795 bits per heavy atom. The topological polar surface area (TPSA) is 175 Å². The average Bonchev–Trinajstić information content (AvgIpc) is 2.91. The third-order valence-corrected chi connectivity index (χ3v) is 6.40. The van der Waals surface area contributed by atoms with Crippen LogP contribution in [0.2, 0.25) is 0 Å². The normalized spacial score (nSPS) is 11.4. The lowest BCUT2D eigenvalue weighted by atomic mass is 10.1. The summed E-state index contributed by atoms with van der Waals surface area (Å²) < 4.78 is 18.2. The van der Waals surface area contributed by atoms with Gasteiger partial charge >= 0.3 is 5.97 Å². The summed E-state index contributed by atoms with van der Waals surface area (Å²) in [4.78, 5) is 28.4. The van der Waals surface area contributed by atoms with Crippen molar-refractivity contribution in [2.45, 2.75) is 11.5 Å². The van der Waals surface area contributed by atoms with Gasteiger partial charge in [-0.2, -0.15) is 0 Å². The Bertz CT molecular complexity index is 1520. The molecule has 39 heavy (non-hydrogen) atoms. The third-order valence-electron chi connectivity index (χ3n) is 5.40. The first kappa shape index (κ1) is 27.1. The Morgan fingerprint density at radius 2 is 1.44 bits per heavy atom. The van der Waals surface area contributed by atoms with Crippen LogP contribution >= 0.6 is 0 Å². The van der Waals surface area contributed by atoms with Gasteiger partial charge < -0.3 is 30.1 Å². The summed E-state index contributed by atoms with van der Waals surface area (Å²) in [5.74, 6) is -1.95. The lowest BCUT2D eigenvalue weighted by Crippen LogP contribution is -2.16. The number of hydrogen-bond acceptors (Lipinski definition) is 9. The minimum atomic E-state index is -1.88. The van der Waals surface area contributed by atoms with Crippen molar-refractivity contribution in [2.75, 3.05) is 10.6 Å². The van der Waals surface area contributed by atoms with Crippen molar-refractivity contribution >= 4 is 40.0 Å². The number of rotatable bonds is 10. The van der Waals surface area contributed by atoms with Gasteiger partial charge in [0.15, 0.2) is 0 Å². The lowest BCUT2D eigenvalue weighted by Gasteiger charge is -2.12. The zero-order chi connectivity index (χ0) is 27.9. The molecule has 0 bridgehead atoms. The molecule has 11 nitrogen and oxygen atoms in total. The molecule has 0 saturated carbocycles. The van der Waals surface area contributed by atoms with E-state index in [1.807, 2.05) is 0 Å². The smallest absolute Gasteiger partial charge is 0.336 e. The number of nitrogens with one attached hydrogen (secondary N) is 2. The number of carbonyl (C=O) groups excluding carboxylic acids is 1. The average molecular weight is 551 g/mol. The van der Waals surface area contributed by atoms with Gasteiger partial charge in [-0.05, 0) is 72.8 Å². The summed E-state index contributed by atoms with van der Waals surface area (Å²) in [5, 5.41) is 43.0. The van der Waals surface area contributed by atoms with Crippen LogP contribution in [0.4, 0.5) is 17.1 Å². The highest BCUT2D eigenvalue weighted by Gasteiger charge is 2.18. The first-order chi connectivity index (χ1) is 18.7. The van der Waals surface area contributed by atoms with E-state index in [0.717, 1.165) is 12.1 Å². The molecule has 0 aliphatic heterocycles. The molecule has 0 spiro atoms. The first-order valence-electron chi connectivity index (χ1n) is 11.3. The van der Waals surface area contributed by atoms with E-state index in [1.165, 1.54) is 42.5 Å². The second kappa shape index (κ2) is 12.1. The highest BCUT2D eigenvalue weighted by Crippen LogP contribution is 2.28. The van der Waals surface area contributed by atoms with E-state index in [9.17, 15) is 29.1 Å². The Hall–Kier alpha value is -4.91. The minimum Gasteiger partial charge on any atom is -0.508 e. The molecule has 0 aliphatic carbocycles. The largest absolute Gasteiger partial charge is 0.508 e. The maximum atomic E-state index is 12.7. The van der Waals surface area contributed by atoms with Crippen molar-refractivity contribution in [2.24, 2.45) is 0 Å². The summed E-state index contributed by atoms with van der Waals surface area (Å²) in [6.07, 6.45) is 0. The van der Waals surface area contributed by atoms with Gasteiger partial charge in [0.1, 0.15) is 23.9 Å². The summed E-state index contributed by atoms with van der Waals surface area (Å²) in [7, 11) is 0. The van der Waals surface area contributed by atoms with Crippen molar-refractivity contribution < 1.29 is 43.4 Å². The number of carboxylic acids is 1. The molecule has 1 amide bonds. The van der Waals surface area contributed by atoms with E-state index in [-0.39, 0.29) is 29.2 Å². The highest BCUT2D eigenvalue weighted by molar-refractivity contribution is 7.80. The van der Waals surface area contributed by atoms with Crippen LogP contribution in [0.15, 0.2) is 89.8 Å². The van der Waals surface area contributed by atoms with Gasteiger partial charge in [0.2, 0.25) is 11.1 Å². The fourth-order valence-electron chi connectivity index (χ4n) is 3.52. The minimum absolute atomic E-state index is 0.0319. The van der Waals surface area contributed by atoms with Crippen LogP contribution < -0.4 is 14.8 Å². The van der Waals surface area contributed by atoms with Gasteiger partial charge in [0.05, 0.1) is 16.0 Å². The van der Waals surface area contributed by atoms with Crippen LogP contribution in [-0.2, 0) is 22.6 Å². The highest BCUT2D eigenvalue weighted by atomic mass is 32.2. The fraction of sp³-hybridized carbons (Fsp3) is 0.0370. The molecule has 0 aromatic heterocycles. The standard InChI is InChI=1S/C27H22N2O9S/c30-19-7-12-23(27(33)34)24(13-19)26(32)29-18-4-10-22(11-5-18)39(36)38-21-8-2-17(3-9-21)28-25-14-20(31)6-1-16(25)15-37-35/h1-14,28,30-31,35H,15H2,(H,29,32)(H,33,34). The van der Waals surface area contributed by atoms with Gasteiger partial charge in [0, 0.05) is 28.7 Å². The van der Waals surface area contributed by atoms with E-state index in [2.05, 4.69) is 15.5 Å². The summed E-state index contributed by atoms with van der Waals surface area (Å²) in [6.45, 7) is -0.0789. The Labute approximate surface area is 224 Å². The number of carboxylic acid groups (broad SMARTS) is 1. The molecule has 4 rings (SSSR count). The zero-order valence-electron chi connectivity index (χ0n) is 20.0. The van der Waals surface area contributed by atoms with Gasteiger partial charge in [-0.15, -0.1) is 0 Å². The quantitative estimate of drug-likeness (QED) is 0.118. The number of amides is 1. The molecule has 4 aromatic rings. The second-order valence-corrected chi connectivity index (χ2v) is 9.20. The maximum absolute atomic E-state index is 12.7. The predicted molar refractivity (Wildman–Crippen MR) is 142 cm³/mol. The van der Waals surface area contributed by atoms with Crippen LogP contribution in [0.25, 0.3) is 0 Å². The predicted octanol–water partition coefficient (Wildman–Crippen LogP) is 4.88. The van der Waals surface area contributed by atoms with Crippen molar-refractivity contribution in [3.8, 4) is 17.2 Å². The summed E-state index contributed by atoms with van der Waals surface area (Å²) in [6, 6.07) is 20.4. The number of benzene rings is 4. The lowest BCUT2D eigenvalue weighted by molar-refractivity contribution is -0.252. The molecule has 0 fully saturated rings. The van der Waals surface area contributed by atoms with Crippen LogP contribution in [0.3, 0.4) is 0 Å². The number of aromatic hydroxyl groups is 2. The van der Waals surface area contributed by atoms with Gasteiger partial charge in [-0.1, -0.05) is 6.07 Å². The van der Waals surface area contributed by atoms with Crippen LogP contribution in [0.5, 0.6) is 17.2 Å². The first-order valence-corrected chi connectivity index (χ1v) is 12.3. The van der Waals surface area contributed by atoms with Gasteiger partial charge in [0.25, 0.3) is 5.91 Å². The molecule has 1 unspecified atom stereocenters. The Kier molecular flexibility index (Phi) is 8.41. The number of phenols is 2. The molecule has 200 valence electrons. The van der Waals surface area contributed by atoms with Gasteiger partial charge in [-0.25, -0.2) is 13.9 Å². The monoisotopic (exact) mass is 550 g/mol. The molecule has 0 aliphatic rings. The second-order valence-electron chi connectivity index (χ2n) is 8.10. The summed E-state index contributed by atoms with van der Waals surface area (Å²) in [5.41, 5.74) is 1.61. The van der Waals surface area contributed by atoms with E-state index in [4.69, 9.17) is 9.44 Å². The number of hydrogen-bond donors (Lipinski definition) is 6. The molecule has 12 heteroatoms. The van der Waals surface area contributed by atoms with E-state index in [0.29, 0.717) is 33.3 Å². The van der Waals surface area contributed by atoms with E-state index >= 15 is 0 Å². The Morgan fingerprint density at radius 3 is 2.10 bits per heavy atom. The van der Waals surface area contributed by atoms with Gasteiger partial charge in [-0.3, -0.25) is 10.1 Å². The number of aromatic carboxylic acids is 1. The fourth-order valence-corrected chi connectivity index (χ4v) is 4.26. The zero-order valence-corrected chi connectivity index (χ0v) is 20.8. The molecular formula is C27H22N2O9S. The number of phenolic OH excluding ortho intramolecular Hbond substituents is 2. The maximum Gasteiger partial charge on any atom is 0.336 e. The van der Waals surface area contributed by atoms with Crippen molar-refractivity contribution in [1.29, 1.82) is 0 Å². The van der Waals surface area contributed by atoms with Crippen molar-refractivity contribution in [3.63, 3.8) is 0 Å². The van der Waals surface area contributed by atoms with Crippen molar-refractivity contribution in [3.05, 3.63) is 102 Å². The summed E-state index contributed by atoms with van der Waals surface area (Å²) >= 11 is -1.88. The molecular weight excluding hydrogens is 528 g/mol. The SMILES string of the molecule is O=C(O)c1ccc(O)cc1C(=O)Nc1ccc(S(=O)Oc2ccc(Nc3cc(O)ccc3COO)cc2)cc1. The van der Waals surface area contributed by atoms with Crippen LogP contribution in [0, 0.1) is 0 Å². The molecule has 0 radical (unpaired) electrons. The number of anilines is 3. The van der Waals surface area contributed by atoms with Crippen LogP contribution in [-0.4, -0.2) is 36.7 Å². The molecule has 6 N–H and O–H groups in total. The van der Waals surface area contributed by atoms with E-state index in [1.54, 1.807) is 30.3 Å².